The van der Waals surface area contributed by atoms with Gasteiger partial charge in [-0.1, -0.05) is 36.4 Å². The number of carbonyl (C=O) groups excluding carboxylic acids is 1. The second kappa shape index (κ2) is 8.87. The van der Waals surface area contributed by atoms with Gasteiger partial charge in [-0.25, -0.2) is 4.98 Å². The first kappa shape index (κ1) is 18.5. The van der Waals surface area contributed by atoms with Crippen LogP contribution in [-0.4, -0.2) is 23.8 Å². The fourth-order valence-corrected chi connectivity index (χ4v) is 4.50. The fraction of sp³-hybridized carbons (Fsp3) is 0.200. The number of hydrogen-bond donors (Lipinski definition) is 1. The molecule has 0 radical (unpaired) electrons. The molecule has 0 saturated heterocycles. The van der Waals surface area contributed by atoms with Crippen LogP contribution in [0, 0.1) is 6.92 Å². The Bertz CT molecular complexity index is 879. The number of methoxy groups -OCH3 is 1. The summed E-state index contributed by atoms with van der Waals surface area (Å²) in [6.07, 6.45) is 0. The van der Waals surface area contributed by atoms with E-state index in [0.717, 1.165) is 33.5 Å². The van der Waals surface area contributed by atoms with E-state index in [1.54, 1.807) is 30.2 Å². The standard InChI is InChI=1S/C20H20N2O2S2/c1-14-18(26-20(21-14)15-7-4-3-5-8-15)12-25-13-19(23)22-16-9-6-10-17(11-16)24-2/h3-11H,12-13H2,1-2H3,(H,22,23). The van der Waals surface area contributed by atoms with Crippen LogP contribution in [0.4, 0.5) is 5.69 Å². The summed E-state index contributed by atoms with van der Waals surface area (Å²) in [7, 11) is 1.61. The molecule has 1 amide bonds. The van der Waals surface area contributed by atoms with Crippen LogP contribution < -0.4 is 10.1 Å². The Balaban J connectivity index is 1.53. The highest BCUT2D eigenvalue weighted by Gasteiger charge is 2.10. The number of ether oxygens (including phenoxy) is 1. The monoisotopic (exact) mass is 384 g/mol. The fourth-order valence-electron chi connectivity index (χ4n) is 2.40. The van der Waals surface area contributed by atoms with Crippen molar-refractivity contribution in [3.05, 3.63) is 65.2 Å². The second-order valence-corrected chi connectivity index (χ2v) is 7.74. The van der Waals surface area contributed by atoms with E-state index in [2.05, 4.69) is 22.4 Å². The summed E-state index contributed by atoms with van der Waals surface area (Å²) in [6, 6.07) is 17.5. The molecule has 0 saturated carbocycles. The van der Waals surface area contributed by atoms with Gasteiger partial charge in [0.05, 0.1) is 18.6 Å². The summed E-state index contributed by atoms with van der Waals surface area (Å²) < 4.78 is 5.17. The van der Waals surface area contributed by atoms with E-state index in [-0.39, 0.29) is 5.91 Å². The Labute approximate surface area is 161 Å². The minimum atomic E-state index is -0.0197. The van der Waals surface area contributed by atoms with Crippen LogP contribution in [-0.2, 0) is 10.5 Å². The quantitative estimate of drug-likeness (QED) is 0.623. The lowest BCUT2D eigenvalue weighted by atomic mass is 10.2. The van der Waals surface area contributed by atoms with Crippen LogP contribution >= 0.6 is 23.1 Å². The molecule has 4 nitrogen and oxygen atoms in total. The summed E-state index contributed by atoms with van der Waals surface area (Å²) in [5.74, 6) is 1.88. The smallest absolute Gasteiger partial charge is 0.234 e. The molecule has 0 spiro atoms. The Kier molecular flexibility index (Phi) is 6.30. The Morgan fingerprint density at radius 1 is 1.19 bits per heavy atom. The second-order valence-electron chi connectivity index (χ2n) is 5.67. The van der Waals surface area contributed by atoms with E-state index in [1.807, 2.05) is 49.4 Å². The average Bonchev–Trinajstić information content (AvgIpc) is 3.03. The van der Waals surface area contributed by atoms with E-state index in [9.17, 15) is 4.79 Å². The summed E-state index contributed by atoms with van der Waals surface area (Å²) >= 11 is 3.29. The lowest BCUT2D eigenvalue weighted by Gasteiger charge is -2.06. The predicted octanol–water partition coefficient (Wildman–Crippen LogP) is 5.00. The van der Waals surface area contributed by atoms with Crippen molar-refractivity contribution < 1.29 is 9.53 Å². The minimum Gasteiger partial charge on any atom is -0.497 e. The van der Waals surface area contributed by atoms with E-state index in [1.165, 1.54) is 4.88 Å². The number of rotatable bonds is 7. The summed E-state index contributed by atoms with van der Waals surface area (Å²) in [5.41, 5.74) is 2.91. The van der Waals surface area contributed by atoms with Gasteiger partial charge in [-0.3, -0.25) is 4.79 Å². The summed E-state index contributed by atoms with van der Waals surface area (Å²) in [4.78, 5) is 18.0. The molecule has 6 heteroatoms. The van der Waals surface area contributed by atoms with Crippen molar-refractivity contribution in [1.82, 2.24) is 4.98 Å². The third-order valence-electron chi connectivity index (χ3n) is 3.73. The first-order valence-corrected chi connectivity index (χ1v) is 10.2. The van der Waals surface area contributed by atoms with E-state index < -0.39 is 0 Å². The molecule has 0 aliphatic carbocycles. The lowest BCUT2D eigenvalue weighted by Crippen LogP contribution is -2.14. The van der Waals surface area contributed by atoms with Crippen LogP contribution in [0.1, 0.15) is 10.6 Å². The number of hydrogen-bond acceptors (Lipinski definition) is 5. The molecule has 26 heavy (non-hydrogen) atoms. The molecule has 0 aliphatic rings. The van der Waals surface area contributed by atoms with E-state index >= 15 is 0 Å². The number of thiazole rings is 1. The molecular weight excluding hydrogens is 364 g/mol. The van der Waals surface area contributed by atoms with Crippen LogP contribution in [0.25, 0.3) is 10.6 Å². The number of aromatic nitrogens is 1. The number of carbonyl (C=O) groups is 1. The molecule has 2 aromatic carbocycles. The van der Waals surface area contributed by atoms with Crippen molar-refractivity contribution in [1.29, 1.82) is 0 Å². The first-order chi connectivity index (χ1) is 12.7. The van der Waals surface area contributed by atoms with Crippen LogP contribution in [0.3, 0.4) is 0 Å². The largest absolute Gasteiger partial charge is 0.497 e. The van der Waals surface area contributed by atoms with Gasteiger partial charge in [0.25, 0.3) is 0 Å². The van der Waals surface area contributed by atoms with E-state index in [0.29, 0.717) is 5.75 Å². The van der Waals surface area contributed by atoms with E-state index in [4.69, 9.17) is 4.74 Å². The first-order valence-electron chi connectivity index (χ1n) is 8.19. The number of nitrogens with zero attached hydrogens (tertiary/aromatic N) is 1. The van der Waals surface area contributed by atoms with Gasteiger partial charge in [-0.2, -0.15) is 0 Å². The average molecular weight is 385 g/mol. The molecule has 1 aromatic heterocycles. The molecular formula is C20H20N2O2S2. The van der Waals surface area contributed by atoms with Gasteiger partial charge in [0.15, 0.2) is 0 Å². The number of nitrogens with one attached hydrogen (secondary N) is 1. The van der Waals surface area contributed by atoms with Gasteiger partial charge < -0.3 is 10.1 Å². The zero-order valence-corrected chi connectivity index (χ0v) is 16.3. The Morgan fingerprint density at radius 2 is 2.00 bits per heavy atom. The van der Waals surface area contributed by atoms with Crippen LogP contribution in [0.15, 0.2) is 54.6 Å². The van der Waals surface area contributed by atoms with Crippen molar-refractivity contribution in [3.8, 4) is 16.3 Å². The van der Waals surface area contributed by atoms with Crippen molar-refractivity contribution in [2.75, 3.05) is 18.2 Å². The van der Waals surface area contributed by atoms with Crippen molar-refractivity contribution >= 4 is 34.7 Å². The van der Waals surface area contributed by atoms with Gasteiger partial charge >= 0.3 is 0 Å². The van der Waals surface area contributed by atoms with Gasteiger partial charge in [0.1, 0.15) is 10.8 Å². The molecule has 1 N–H and O–H groups in total. The molecule has 1 heterocycles. The van der Waals surface area contributed by atoms with Gasteiger partial charge in [-0.15, -0.1) is 23.1 Å². The molecule has 0 atom stereocenters. The number of amides is 1. The highest BCUT2D eigenvalue weighted by Crippen LogP contribution is 2.30. The Morgan fingerprint density at radius 3 is 2.77 bits per heavy atom. The summed E-state index contributed by atoms with van der Waals surface area (Å²) in [5, 5.41) is 3.92. The van der Waals surface area contributed by atoms with Crippen molar-refractivity contribution in [2.45, 2.75) is 12.7 Å². The molecule has 0 bridgehead atoms. The van der Waals surface area contributed by atoms with Crippen molar-refractivity contribution in [2.24, 2.45) is 0 Å². The lowest BCUT2D eigenvalue weighted by molar-refractivity contribution is -0.113. The van der Waals surface area contributed by atoms with Crippen LogP contribution in [0.2, 0.25) is 0 Å². The number of aryl methyl sites for hydroxylation is 1. The molecule has 3 rings (SSSR count). The third kappa shape index (κ3) is 4.86. The van der Waals surface area contributed by atoms with Crippen LogP contribution in [0.5, 0.6) is 5.75 Å². The molecule has 0 fully saturated rings. The highest BCUT2D eigenvalue weighted by atomic mass is 32.2. The topological polar surface area (TPSA) is 51.2 Å². The molecule has 134 valence electrons. The molecule has 3 aromatic rings. The van der Waals surface area contributed by atoms with Gasteiger partial charge in [0.2, 0.25) is 5.91 Å². The van der Waals surface area contributed by atoms with Gasteiger partial charge in [0, 0.05) is 27.9 Å². The number of anilines is 1. The number of benzene rings is 2. The SMILES string of the molecule is COc1cccc(NC(=O)CSCc2sc(-c3ccccc3)nc2C)c1. The van der Waals surface area contributed by atoms with Gasteiger partial charge in [-0.05, 0) is 19.1 Å². The maximum atomic E-state index is 12.1. The third-order valence-corrected chi connectivity index (χ3v) is 6.08. The van der Waals surface area contributed by atoms with Crippen molar-refractivity contribution in [3.63, 3.8) is 0 Å². The zero-order chi connectivity index (χ0) is 18.4. The minimum absolute atomic E-state index is 0.0197. The molecule has 0 unspecified atom stereocenters. The maximum Gasteiger partial charge on any atom is 0.234 e. The normalized spacial score (nSPS) is 10.5. The highest BCUT2D eigenvalue weighted by molar-refractivity contribution is 7.99. The zero-order valence-electron chi connectivity index (χ0n) is 14.7. The Hall–Kier alpha value is -2.31. The predicted molar refractivity (Wildman–Crippen MR) is 110 cm³/mol. The number of thioether (sulfide) groups is 1. The molecule has 0 aliphatic heterocycles. The maximum absolute atomic E-state index is 12.1. The summed E-state index contributed by atoms with van der Waals surface area (Å²) in [6.45, 7) is 2.02.